The van der Waals surface area contributed by atoms with Gasteiger partial charge in [0.2, 0.25) is 0 Å². The standard InChI is InChI=1S/C17H30/c1-3-5-7-9-11-13-15-17-16-14-12-10-8-6-4-2/h1-13,15,17H2. The summed E-state index contributed by atoms with van der Waals surface area (Å²) >= 11 is 0. The minimum atomic E-state index is 1.07. The van der Waals surface area contributed by atoms with Gasteiger partial charge >= 0.3 is 0 Å². The minimum Gasteiger partial charge on any atom is -0.103 e. The van der Waals surface area contributed by atoms with E-state index < -0.39 is 0 Å². The second-order valence-corrected chi connectivity index (χ2v) is 4.74. The van der Waals surface area contributed by atoms with Crippen molar-refractivity contribution in [3.63, 3.8) is 0 Å². The first-order valence-electron chi connectivity index (χ1n) is 7.46. The molecule has 2 radical (unpaired) electrons. The molecule has 0 heterocycles. The molecule has 0 nitrogen and oxygen atoms in total. The molecule has 0 heteroatoms. The maximum absolute atomic E-state index is 3.86. The molecule has 0 aliphatic heterocycles. The van der Waals surface area contributed by atoms with Crippen LogP contribution in [0.25, 0.3) is 0 Å². The maximum Gasteiger partial charge on any atom is 0.00886 e. The second-order valence-electron chi connectivity index (χ2n) is 4.74. The lowest BCUT2D eigenvalue weighted by atomic mass is 10.1. The molecule has 0 spiro atoms. The first-order chi connectivity index (χ1) is 8.41. The summed E-state index contributed by atoms with van der Waals surface area (Å²) in [5.74, 6) is 6.57. The van der Waals surface area contributed by atoms with Crippen molar-refractivity contribution in [2.45, 2.75) is 83.5 Å². The monoisotopic (exact) mass is 234 g/mol. The lowest BCUT2D eigenvalue weighted by Gasteiger charge is -1.98. The van der Waals surface area contributed by atoms with Crippen LogP contribution < -0.4 is 0 Å². The zero-order chi connectivity index (χ0) is 12.6. The third kappa shape index (κ3) is 15.6. The summed E-state index contributed by atoms with van der Waals surface area (Å²) in [5.41, 5.74) is 0. The largest absolute Gasteiger partial charge is 0.103 e. The topological polar surface area (TPSA) is 0 Å². The molecule has 0 aliphatic rings. The van der Waals surface area contributed by atoms with E-state index >= 15 is 0 Å². The Balaban J connectivity index is 3.04. The van der Waals surface area contributed by atoms with Crippen molar-refractivity contribution >= 4 is 0 Å². The SMILES string of the molecule is [CH2]CCCCCC#CCCCCCCCC[CH2]. The van der Waals surface area contributed by atoms with Crippen molar-refractivity contribution in [1.82, 2.24) is 0 Å². The Kier molecular flexibility index (Phi) is 15.2. The van der Waals surface area contributed by atoms with Gasteiger partial charge in [-0.25, -0.2) is 0 Å². The molecule has 0 aromatic rings. The van der Waals surface area contributed by atoms with Crippen LogP contribution in [0.3, 0.4) is 0 Å². The van der Waals surface area contributed by atoms with E-state index in [1.165, 1.54) is 57.8 Å². The van der Waals surface area contributed by atoms with Crippen molar-refractivity contribution in [3.8, 4) is 11.8 Å². The molecular weight excluding hydrogens is 204 g/mol. The molecule has 0 bridgehead atoms. The van der Waals surface area contributed by atoms with Crippen molar-refractivity contribution in [1.29, 1.82) is 0 Å². The van der Waals surface area contributed by atoms with Crippen LogP contribution >= 0.6 is 0 Å². The van der Waals surface area contributed by atoms with Gasteiger partial charge in [0.1, 0.15) is 0 Å². The van der Waals surface area contributed by atoms with Crippen LogP contribution in [-0.2, 0) is 0 Å². The molecule has 0 N–H and O–H groups in total. The van der Waals surface area contributed by atoms with Gasteiger partial charge in [0.15, 0.2) is 0 Å². The molecule has 17 heavy (non-hydrogen) atoms. The van der Waals surface area contributed by atoms with Crippen LogP contribution in [0.15, 0.2) is 0 Å². The Hall–Kier alpha value is -0.440. The highest BCUT2D eigenvalue weighted by atomic mass is 13.9. The van der Waals surface area contributed by atoms with Gasteiger partial charge in [0.25, 0.3) is 0 Å². The van der Waals surface area contributed by atoms with Crippen LogP contribution in [0.2, 0.25) is 0 Å². The molecule has 0 unspecified atom stereocenters. The van der Waals surface area contributed by atoms with Gasteiger partial charge in [-0.3, -0.25) is 0 Å². The van der Waals surface area contributed by atoms with Crippen LogP contribution in [0.5, 0.6) is 0 Å². The van der Waals surface area contributed by atoms with Gasteiger partial charge in [-0.2, -0.15) is 0 Å². The number of hydrogen-bond acceptors (Lipinski definition) is 0. The molecule has 0 saturated carbocycles. The van der Waals surface area contributed by atoms with E-state index in [2.05, 4.69) is 25.7 Å². The van der Waals surface area contributed by atoms with Crippen molar-refractivity contribution in [2.75, 3.05) is 0 Å². The summed E-state index contributed by atoms with van der Waals surface area (Å²) in [6, 6.07) is 0. The van der Waals surface area contributed by atoms with Crippen molar-refractivity contribution in [2.24, 2.45) is 0 Å². The third-order valence-electron chi connectivity index (χ3n) is 2.98. The molecule has 0 aromatic heterocycles. The summed E-state index contributed by atoms with van der Waals surface area (Å²) in [5, 5.41) is 0. The molecule has 0 amide bonds. The van der Waals surface area contributed by atoms with Gasteiger partial charge in [0, 0.05) is 12.8 Å². The second kappa shape index (κ2) is 15.6. The lowest BCUT2D eigenvalue weighted by molar-refractivity contribution is 0.601. The molecule has 98 valence electrons. The van der Waals surface area contributed by atoms with Crippen LogP contribution in [-0.4, -0.2) is 0 Å². The Bertz CT molecular complexity index is 182. The van der Waals surface area contributed by atoms with E-state index in [0.717, 1.165) is 25.7 Å². The van der Waals surface area contributed by atoms with Gasteiger partial charge in [-0.1, -0.05) is 71.6 Å². The van der Waals surface area contributed by atoms with Gasteiger partial charge in [-0.05, 0) is 12.8 Å². The predicted octanol–water partition coefficient (Wildman–Crippen LogP) is 5.73. The average molecular weight is 234 g/mol. The fourth-order valence-electron chi connectivity index (χ4n) is 1.84. The predicted molar refractivity (Wildman–Crippen MR) is 78.5 cm³/mol. The van der Waals surface area contributed by atoms with Gasteiger partial charge in [0.05, 0.1) is 0 Å². The van der Waals surface area contributed by atoms with Gasteiger partial charge in [-0.15, -0.1) is 11.8 Å². The number of rotatable bonds is 11. The summed E-state index contributed by atoms with van der Waals surface area (Å²) in [6.45, 7) is 7.70. The highest BCUT2D eigenvalue weighted by Gasteiger charge is 1.89. The zero-order valence-corrected chi connectivity index (χ0v) is 11.6. The van der Waals surface area contributed by atoms with Crippen molar-refractivity contribution in [3.05, 3.63) is 13.8 Å². The van der Waals surface area contributed by atoms with E-state index in [9.17, 15) is 0 Å². The lowest BCUT2D eigenvalue weighted by Crippen LogP contribution is -1.79. The normalized spacial score (nSPS) is 10.0. The zero-order valence-electron chi connectivity index (χ0n) is 11.6. The highest BCUT2D eigenvalue weighted by molar-refractivity contribution is 4.98. The van der Waals surface area contributed by atoms with E-state index in [1.54, 1.807) is 0 Å². The van der Waals surface area contributed by atoms with E-state index in [-0.39, 0.29) is 0 Å². The molecule has 0 atom stereocenters. The third-order valence-corrected chi connectivity index (χ3v) is 2.98. The Labute approximate surface area is 110 Å². The van der Waals surface area contributed by atoms with Crippen LogP contribution in [0, 0.1) is 25.7 Å². The Morgan fingerprint density at radius 1 is 0.471 bits per heavy atom. The van der Waals surface area contributed by atoms with E-state index in [0.29, 0.717) is 0 Å². The molecule has 0 rings (SSSR count). The number of hydrogen-bond donors (Lipinski definition) is 0. The summed E-state index contributed by atoms with van der Waals surface area (Å²) in [6.07, 6.45) is 16.2. The molecular formula is C17H30. The quantitative estimate of drug-likeness (QED) is 0.316. The fourth-order valence-corrected chi connectivity index (χ4v) is 1.84. The van der Waals surface area contributed by atoms with Crippen LogP contribution in [0.4, 0.5) is 0 Å². The number of unbranched alkanes of at least 4 members (excludes halogenated alkanes) is 11. The minimum absolute atomic E-state index is 1.07. The van der Waals surface area contributed by atoms with E-state index in [1.807, 2.05) is 0 Å². The maximum atomic E-state index is 3.86. The van der Waals surface area contributed by atoms with E-state index in [4.69, 9.17) is 0 Å². The summed E-state index contributed by atoms with van der Waals surface area (Å²) in [7, 11) is 0. The molecule has 0 aliphatic carbocycles. The summed E-state index contributed by atoms with van der Waals surface area (Å²) in [4.78, 5) is 0. The van der Waals surface area contributed by atoms with Gasteiger partial charge < -0.3 is 0 Å². The molecule has 0 aromatic carbocycles. The smallest absolute Gasteiger partial charge is 0.00886 e. The van der Waals surface area contributed by atoms with Crippen molar-refractivity contribution < 1.29 is 0 Å². The fraction of sp³-hybridized carbons (Fsp3) is 0.765. The Morgan fingerprint density at radius 2 is 0.824 bits per heavy atom. The first kappa shape index (κ1) is 16.6. The average Bonchev–Trinajstić information content (AvgIpc) is 2.35. The van der Waals surface area contributed by atoms with Crippen LogP contribution in [0.1, 0.15) is 83.5 Å². The molecule has 0 fully saturated rings. The Morgan fingerprint density at radius 3 is 1.29 bits per heavy atom. The summed E-state index contributed by atoms with van der Waals surface area (Å²) < 4.78 is 0. The molecule has 0 saturated heterocycles. The first-order valence-corrected chi connectivity index (χ1v) is 7.46. The highest BCUT2D eigenvalue weighted by Crippen LogP contribution is 2.07.